The number of rotatable bonds is 2. The maximum absolute atomic E-state index is 11.4. The highest BCUT2D eigenvalue weighted by molar-refractivity contribution is 5.73. The van der Waals surface area contributed by atoms with Crippen LogP contribution >= 0.6 is 0 Å². The minimum atomic E-state index is 0.182. The van der Waals surface area contributed by atoms with Crippen LogP contribution in [-0.2, 0) is 4.79 Å². The van der Waals surface area contributed by atoms with E-state index in [0.717, 1.165) is 31.6 Å². The lowest BCUT2D eigenvalue weighted by molar-refractivity contribution is -0.129. The molecule has 0 radical (unpaired) electrons. The molecule has 1 amide bonds. The Morgan fingerprint density at radius 3 is 2.78 bits per heavy atom. The van der Waals surface area contributed by atoms with Gasteiger partial charge in [0.2, 0.25) is 5.91 Å². The molecule has 0 aromatic heterocycles. The summed E-state index contributed by atoms with van der Waals surface area (Å²) in [5, 5.41) is 3.54. The molecule has 0 aliphatic carbocycles. The van der Waals surface area contributed by atoms with Crippen LogP contribution in [0.4, 0.5) is 5.69 Å². The maximum Gasteiger partial charge on any atom is 0.219 e. The highest BCUT2D eigenvalue weighted by atomic mass is 16.2. The van der Waals surface area contributed by atoms with Crippen LogP contribution in [0.15, 0.2) is 18.2 Å². The van der Waals surface area contributed by atoms with E-state index < -0.39 is 0 Å². The number of nitrogens with one attached hydrogen (secondary N) is 1. The van der Waals surface area contributed by atoms with Gasteiger partial charge in [-0.05, 0) is 49.9 Å². The smallest absolute Gasteiger partial charge is 0.219 e. The second-order valence-corrected chi connectivity index (χ2v) is 5.25. The number of hydrogen-bond donors (Lipinski definition) is 1. The van der Waals surface area contributed by atoms with Crippen molar-refractivity contribution in [2.45, 2.75) is 39.7 Å². The first-order valence-corrected chi connectivity index (χ1v) is 6.65. The van der Waals surface area contributed by atoms with Gasteiger partial charge in [0.15, 0.2) is 0 Å². The van der Waals surface area contributed by atoms with E-state index >= 15 is 0 Å². The van der Waals surface area contributed by atoms with Gasteiger partial charge in [-0.2, -0.15) is 0 Å². The quantitative estimate of drug-likeness (QED) is 0.870. The number of likely N-dealkylation sites (tertiary alicyclic amines) is 1. The number of piperidine rings is 1. The van der Waals surface area contributed by atoms with E-state index in [2.05, 4.69) is 37.4 Å². The monoisotopic (exact) mass is 246 g/mol. The predicted octanol–water partition coefficient (Wildman–Crippen LogP) is 2.73. The summed E-state index contributed by atoms with van der Waals surface area (Å²) in [4.78, 5) is 13.3. The Kier molecular flexibility index (Phi) is 3.90. The zero-order valence-corrected chi connectivity index (χ0v) is 11.5. The molecule has 18 heavy (non-hydrogen) atoms. The summed E-state index contributed by atoms with van der Waals surface area (Å²) in [5.74, 6) is 0.182. The van der Waals surface area contributed by atoms with Gasteiger partial charge < -0.3 is 10.2 Å². The second kappa shape index (κ2) is 5.42. The summed E-state index contributed by atoms with van der Waals surface area (Å²) >= 11 is 0. The van der Waals surface area contributed by atoms with Gasteiger partial charge in [-0.15, -0.1) is 0 Å². The van der Waals surface area contributed by atoms with Crippen molar-refractivity contribution in [1.29, 1.82) is 0 Å². The van der Waals surface area contributed by atoms with Gasteiger partial charge in [0.05, 0.1) is 0 Å². The first-order chi connectivity index (χ1) is 8.56. The number of carbonyl (C=O) groups is 1. The molecule has 98 valence electrons. The van der Waals surface area contributed by atoms with Gasteiger partial charge in [-0.1, -0.05) is 6.07 Å². The zero-order valence-electron chi connectivity index (χ0n) is 11.5. The summed E-state index contributed by atoms with van der Waals surface area (Å²) in [6.45, 7) is 7.63. The van der Waals surface area contributed by atoms with E-state index in [1.165, 1.54) is 11.1 Å². The van der Waals surface area contributed by atoms with Crippen LogP contribution in [0.25, 0.3) is 0 Å². The fraction of sp³-hybridized carbons (Fsp3) is 0.533. The first kappa shape index (κ1) is 12.9. The second-order valence-electron chi connectivity index (χ2n) is 5.25. The van der Waals surface area contributed by atoms with Gasteiger partial charge >= 0.3 is 0 Å². The Morgan fingerprint density at radius 1 is 1.33 bits per heavy atom. The molecule has 3 heteroatoms. The van der Waals surface area contributed by atoms with E-state index in [4.69, 9.17) is 0 Å². The molecule has 1 fully saturated rings. The van der Waals surface area contributed by atoms with Crippen molar-refractivity contribution < 1.29 is 4.79 Å². The van der Waals surface area contributed by atoms with Crippen molar-refractivity contribution in [1.82, 2.24) is 4.90 Å². The third-order valence-electron chi connectivity index (χ3n) is 3.74. The Balaban J connectivity index is 2.00. The molecule has 2 rings (SSSR count). The first-order valence-electron chi connectivity index (χ1n) is 6.65. The molecule has 3 nitrogen and oxygen atoms in total. The van der Waals surface area contributed by atoms with E-state index in [1.54, 1.807) is 6.92 Å². The van der Waals surface area contributed by atoms with Crippen LogP contribution < -0.4 is 5.32 Å². The van der Waals surface area contributed by atoms with Crippen LogP contribution in [0.3, 0.4) is 0 Å². The van der Waals surface area contributed by atoms with Crippen molar-refractivity contribution >= 4 is 11.6 Å². The number of anilines is 1. The molecular weight excluding hydrogens is 224 g/mol. The molecule has 0 bridgehead atoms. The largest absolute Gasteiger partial charge is 0.381 e. The highest BCUT2D eigenvalue weighted by Gasteiger charge is 2.21. The summed E-state index contributed by atoms with van der Waals surface area (Å²) in [6.07, 6.45) is 2.22. The van der Waals surface area contributed by atoms with E-state index in [-0.39, 0.29) is 5.91 Å². The summed E-state index contributed by atoms with van der Waals surface area (Å²) in [6, 6.07) is 6.82. The third kappa shape index (κ3) is 3.03. The molecule has 1 heterocycles. The summed E-state index contributed by atoms with van der Waals surface area (Å²) in [7, 11) is 0. The van der Waals surface area contributed by atoms with Gasteiger partial charge in [0.25, 0.3) is 0 Å². The average Bonchev–Trinajstić information content (AvgIpc) is 2.34. The third-order valence-corrected chi connectivity index (χ3v) is 3.74. The molecule has 1 unspecified atom stereocenters. The van der Waals surface area contributed by atoms with Crippen molar-refractivity contribution in [3.8, 4) is 0 Å². The molecule has 0 spiro atoms. The number of carbonyl (C=O) groups excluding carboxylic acids is 1. The molecule has 1 aliphatic rings. The van der Waals surface area contributed by atoms with Gasteiger partial charge in [0, 0.05) is 31.7 Å². The molecule has 1 saturated heterocycles. The number of nitrogens with zero attached hydrogens (tertiary/aromatic N) is 1. The molecule has 0 saturated carbocycles. The Labute approximate surface area is 109 Å². The van der Waals surface area contributed by atoms with Gasteiger partial charge in [0.1, 0.15) is 0 Å². The molecule has 1 aliphatic heterocycles. The van der Waals surface area contributed by atoms with Crippen molar-refractivity contribution in [2.75, 3.05) is 18.4 Å². The molecule has 1 N–H and O–H groups in total. The van der Waals surface area contributed by atoms with Crippen LogP contribution in [-0.4, -0.2) is 29.9 Å². The van der Waals surface area contributed by atoms with Crippen LogP contribution in [0.2, 0.25) is 0 Å². The van der Waals surface area contributed by atoms with Crippen LogP contribution in [0.1, 0.15) is 30.9 Å². The van der Waals surface area contributed by atoms with E-state index in [0.29, 0.717) is 6.04 Å². The van der Waals surface area contributed by atoms with E-state index in [9.17, 15) is 4.79 Å². The normalized spacial score (nSPS) is 19.7. The summed E-state index contributed by atoms with van der Waals surface area (Å²) < 4.78 is 0. The lowest BCUT2D eigenvalue weighted by Crippen LogP contribution is -2.44. The SMILES string of the molecule is CC(=O)N1CCCC(Nc2ccc(C)c(C)c2)C1. The van der Waals surface area contributed by atoms with Crippen molar-refractivity contribution in [2.24, 2.45) is 0 Å². The lowest BCUT2D eigenvalue weighted by atomic mass is 10.0. The zero-order chi connectivity index (χ0) is 13.1. The molecular formula is C15H22N2O. The van der Waals surface area contributed by atoms with Crippen LogP contribution in [0.5, 0.6) is 0 Å². The Morgan fingerprint density at radius 2 is 2.11 bits per heavy atom. The fourth-order valence-corrected chi connectivity index (χ4v) is 2.45. The lowest BCUT2D eigenvalue weighted by Gasteiger charge is -2.33. The Hall–Kier alpha value is -1.51. The number of benzene rings is 1. The number of amides is 1. The minimum Gasteiger partial charge on any atom is -0.381 e. The highest BCUT2D eigenvalue weighted by Crippen LogP contribution is 2.19. The van der Waals surface area contributed by atoms with Gasteiger partial charge in [-0.25, -0.2) is 0 Å². The average molecular weight is 246 g/mol. The summed E-state index contributed by atoms with van der Waals surface area (Å²) in [5.41, 5.74) is 3.78. The van der Waals surface area contributed by atoms with Crippen molar-refractivity contribution in [3.63, 3.8) is 0 Å². The van der Waals surface area contributed by atoms with Crippen LogP contribution in [0, 0.1) is 13.8 Å². The molecule has 1 aromatic carbocycles. The topological polar surface area (TPSA) is 32.3 Å². The number of hydrogen-bond acceptors (Lipinski definition) is 2. The van der Waals surface area contributed by atoms with Gasteiger partial charge in [-0.3, -0.25) is 4.79 Å². The van der Waals surface area contributed by atoms with Crippen molar-refractivity contribution in [3.05, 3.63) is 29.3 Å². The maximum atomic E-state index is 11.4. The predicted molar refractivity (Wildman–Crippen MR) is 74.8 cm³/mol. The fourth-order valence-electron chi connectivity index (χ4n) is 2.45. The molecule has 1 atom stereocenters. The minimum absolute atomic E-state index is 0.182. The van der Waals surface area contributed by atoms with E-state index in [1.807, 2.05) is 4.90 Å². The molecule has 1 aromatic rings. The number of aryl methyl sites for hydroxylation is 2. The Bertz CT molecular complexity index is 442. The standard InChI is InChI=1S/C15H22N2O/c1-11-6-7-14(9-12(11)2)16-15-5-4-8-17(10-15)13(3)18/h6-7,9,15-16H,4-5,8,10H2,1-3H3.